The summed E-state index contributed by atoms with van der Waals surface area (Å²) < 4.78 is 1.93. The zero-order chi connectivity index (χ0) is 18.1. The van der Waals surface area contributed by atoms with E-state index in [2.05, 4.69) is 5.32 Å². The number of nitrogen functional groups attached to an aromatic ring is 1. The lowest BCUT2D eigenvalue weighted by Crippen LogP contribution is -2.23. The SMILES string of the molecule is Cc1ccc(N)cc1NC(=O)C(C)n1cc(C)c2cc(C=O)ccc21. The topological polar surface area (TPSA) is 77.1 Å². The Morgan fingerprint density at radius 1 is 1.16 bits per heavy atom. The first-order chi connectivity index (χ1) is 11.9. The number of benzene rings is 2. The Morgan fingerprint density at radius 2 is 1.92 bits per heavy atom. The first kappa shape index (κ1) is 16.8. The molecule has 0 radical (unpaired) electrons. The van der Waals surface area contributed by atoms with Crippen LogP contribution in [0.25, 0.3) is 10.9 Å². The van der Waals surface area contributed by atoms with Crippen molar-refractivity contribution >= 4 is 34.5 Å². The van der Waals surface area contributed by atoms with Gasteiger partial charge in [-0.1, -0.05) is 6.07 Å². The van der Waals surface area contributed by atoms with E-state index in [0.717, 1.165) is 28.3 Å². The smallest absolute Gasteiger partial charge is 0.247 e. The summed E-state index contributed by atoms with van der Waals surface area (Å²) in [6, 6.07) is 10.5. The van der Waals surface area contributed by atoms with Crippen LogP contribution in [0, 0.1) is 13.8 Å². The predicted octanol–water partition coefficient (Wildman–Crippen LogP) is 3.85. The highest BCUT2D eigenvalue weighted by Crippen LogP contribution is 2.26. The maximum Gasteiger partial charge on any atom is 0.247 e. The van der Waals surface area contributed by atoms with Crippen molar-refractivity contribution in [2.75, 3.05) is 11.1 Å². The summed E-state index contributed by atoms with van der Waals surface area (Å²) in [5.74, 6) is -0.120. The number of anilines is 2. The fraction of sp³-hybridized carbons (Fsp3) is 0.200. The minimum absolute atomic E-state index is 0.120. The molecule has 0 saturated carbocycles. The zero-order valence-electron chi connectivity index (χ0n) is 14.5. The number of nitrogens with zero attached hydrogens (tertiary/aromatic N) is 1. The highest BCUT2D eigenvalue weighted by molar-refractivity contribution is 5.97. The first-order valence-electron chi connectivity index (χ1n) is 8.14. The average Bonchev–Trinajstić information content (AvgIpc) is 2.93. The number of rotatable bonds is 4. The lowest BCUT2D eigenvalue weighted by Gasteiger charge is -2.17. The zero-order valence-corrected chi connectivity index (χ0v) is 14.5. The van der Waals surface area contributed by atoms with Crippen LogP contribution in [0.3, 0.4) is 0 Å². The van der Waals surface area contributed by atoms with E-state index in [1.807, 2.05) is 55.8 Å². The molecular weight excluding hydrogens is 314 g/mol. The number of nitrogens with one attached hydrogen (secondary N) is 1. The molecular formula is C20H21N3O2. The molecule has 128 valence electrons. The third kappa shape index (κ3) is 3.13. The standard InChI is InChI=1S/C20H21N3O2/c1-12-4-6-16(21)9-18(12)22-20(25)14(3)23-10-13(2)17-8-15(11-24)5-7-19(17)23/h4-11,14H,21H2,1-3H3,(H,22,25). The van der Waals surface area contributed by atoms with Crippen molar-refractivity contribution in [3.05, 3.63) is 59.3 Å². The van der Waals surface area contributed by atoms with Gasteiger partial charge >= 0.3 is 0 Å². The third-order valence-electron chi connectivity index (χ3n) is 4.51. The van der Waals surface area contributed by atoms with E-state index in [1.165, 1.54) is 0 Å². The number of carbonyl (C=O) groups excluding carboxylic acids is 2. The van der Waals surface area contributed by atoms with Crippen LogP contribution in [0.2, 0.25) is 0 Å². The minimum Gasteiger partial charge on any atom is -0.399 e. The van der Waals surface area contributed by atoms with Gasteiger partial charge in [-0.05, 0) is 62.2 Å². The molecule has 2 aromatic carbocycles. The van der Waals surface area contributed by atoms with Crippen LogP contribution < -0.4 is 11.1 Å². The van der Waals surface area contributed by atoms with Gasteiger partial charge in [0.1, 0.15) is 12.3 Å². The van der Waals surface area contributed by atoms with Crippen molar-refractivity contribution in [1.82, 2.24) is 4.57 Å². The Labute approximate surface area is 146 Å². The number of amides is 1. The van der Waals surface area contributed by atoms with Gasteiger partial charge in [0.2, 0.25) is 5.91 Å². The van der Waals surface area contributed by atoms with Crippen molar-refractivity contribution in [2.24, 2.45) is 0 Å². The normalized spacial score (nSPS) is 12.1. The van der Waals surface area contributed by atoms with Gasteiger partial charge in [0.25, 0.3) is 0 Å². The molecule has 5 nitrogen and oxygen atoms in total. The molecule has 0 aliphatic heterocycles. The summed E-state index contributed by atoms with van der Waals surface area (Å²) in [5, 5.41) is 3.93. The highest BCUT2D eigenvalue weighted by atomic mass is 16.2. The first-order valence-corrected chi connectivity index (χ1v) is 8.14. The van der Waals surface area contributed by atoms with Crippen LogP contribution in [-0.4, -0.2) is 16.8 Å². The molecule has 0 bridgehead atoms. The van der Waals surface area contributed by atoms with E-state index in [1.54, 1.807) is 12.1 Å². The van der Waals surface area contributed by atoms with Crippen molar-refractivity contribution < 1.29 is 9.59 Å². The number of aromatic nitrogens is 1. The second kappa shape index (κ2) is 6.43. The molecule has 1 unspecified atom stereocenters. The molecule has 0 spiro atoms. The fourth-order valence-electron chi connectivity index (χ4n) is 2.97. The summed E-state index contributed by atoms with van der Waals surface area (Å²) in [6.07, 6.45) is 2.77. The molecule has 1 heterocycles. The van der Waals surface area contributed by atoms with Crippen molar-refractivity contribution in [2.45, 2.75) is 26.8 Å². The van der Waals surface area contributed by atoms with E-state index >= 15 is 0 Å². The van der Waals surface area contributed by atoms with Gasteiger partial charge < -0.3 is 15.6 Å². The Morgan fingerprint density at radius 3 is 2.64 bits per heavy atom. The maximum atomic E-state index is 12.7. The number of carbonyl (C=O) groups is 2. The average molecular weight is 335 g/mol. The highest BCUT2D eigenvalue weighted by Gasteiger charge is 2.19. The van der Waals surface area contributed by atoms with Gasteiger partial charge in [0.15, 0.2) is 0 Å². The largest absolute Gasteiger partial charge is 0.399 e. The van der Waals surface area contributed by atoms with E-state index in [9.17, 15) is 9.59 Å². The molecule has 1 amide bonds. The van der Waals surface area contributed by atoms with Crippen molar-refractivity contribution in [3.8, 4) is 0 Å². The van der Waals surface area contributed by atoms with Gasteiger partial charge in [-0.3, -0.25) is 9.59 Å². The van der Waals surface area contributed by atoms with Crippen LogP contribution in [0.4, 0.5) is 11.4 Å². The number of aldehydes is 1. The van der Waals surface area contributed by atoms with Gasteiger partial charge in [0, 0.05) is 34.0 Å². The number of hydrogen-bond acceptors (Lipinski definition) is 3. The van der Waals surface area contributed by atoms with Crippen LogP contribution in [0.1, 0.15) is 34.5 Å². The van der Waals surface area contributed by atoms with Crippen LogP contribution in [0.5, 0.6) is 0 Å². The van der Waals surface area contributed by atoms with E-state index in [0.29, 0.717) is 16.9 Å². The number of hydrogen-bond donors (Lipinski definition) is 2. The molecule has 3 aromatic rings. The number of nitrogens with two attached hydrogens (primary N) is 1. The molecule has 0 fully saturated rings. The summed E-state index contributed by atoms with van der Waals surface area (Å²) in [4.78, 5) is 23.7. The fourth-order valence-corrected chi connectivity index (χ4v) is 2.97. The molecule has 25 heavy (non-hydrogen) atoms. The van der Waals surface area contributed by atoms with Gasteiger partial charge in [-0.2, -0.15) is 0 Å². The van der Waals surface area contributed by atoms with Gasteiger partial charge in [-0.15, -0.1) is 0 Å². The summed E-state index contributed by atoms with van der Waals surface area (Å²) in [7, 11) is 0. The van der Waals surface area contributed by atoms with Crippen molar-refractivity contribution in [1.29, 1.82) is 0 Å². The monoisotopic (exact) mass is 335 g/mol. The lowest BCUT2D eigenvalue weighted by atomic mass is 10.1. The molecule has 3 N–H and O–H groups in total. The molecule has 1 aromatic heterocycles. The molecule has 0 saturated heterocycles. The summed E-state index contributed by atoms with van der Waals surface area (Å²) in [6.45, 7) is 5.75. The van der Waals surface area contributed by atoms with Crippen LogP contribution >= 0.6 is 0 Å². The molecule has 1 atom stereocenters. The summed E-state index contributed by atoms with van der Waals surface area (Å²) in [5.41, 5.74) is 10.7. The van der Waals surface area contributed by atoms with Crippen LogP contribution in [0.15, 0.2) is 42.6 Å². The maximum absolute atomic E-state index is 12.7. The van der Waals surface area contributed by atoms with E-state index in [4.69, 9.17) is 5.73 Å². The quantitative estimate of drug-likeness (QED) is 0.561. The molecule has 3 rings (SSSR count). The van der Waals surface area contributed by atoms with E-state index in [-0.39, 0.29) is 5.91 Å². The van der Waals surface area contributed by atoms with Crippen molar-refractivity contribution in [3.63, 3.8) is 0 Å². The number of fused-ring (bicyclic) bond motifs is 1. The Hall–Kier alpha value is -3.08. The predicted molar refractivity (Wildman–Crippen MR) is 101 cm³/mol. The third-order valence-corrected chi connectivity index (χ3v) is 4.51. The minimum atomic E-state index is -0.404. The number of aryl methyl sites for hydroxylation is 2. The Bertz CT molecular complexity index is 972. The van der Waals surface area contributed by atoms with Crippen LogP contribution in [-0.2, 0) is 4.79 Å². The molecule has 0 aliphatic rings. The van der Waals surface area contributed by atoms with E-state index < -0.39 is 6.04 Å². The second-order valence-electron chi connectivity index (χ2n) is 6.35. The second-order valence-corrected chi connectivity index (χ2v) is 6.35. The lowest BCUT2D eigenvalue weighted by molar-refractivity contribution is -0.118. The molecule has 0 aliphatic carbocycles. The Kier molecular flexibility index (Phi) is 4.31. The van der Waals surface area contributed by atoms with Gasteiger partial charge in [0.05, 0.1) is 0 Å². The van der Waals surface area contributed by atoms with Gasteiger partial charge in [-0.25, -0.2) is 0 Å². The summed E-state index contributed by atoms with van der Waals surface area (Å²) >= 11 is 0. The Balaban J connectivity index is 1.93. The molecule has 5 heteroatoms.